The first-order valence-corrected chi connectivity index (χ1v) is 7.99. The first-order chi connectivity index (χ1) is 9.92. The molecule has 1 aliphatic carbocycles. The number of likely N-dealkylation sites (tertiary alicyclic amines) is 1. The maximum atomic E-state index is 4.68. The molecule has 0 spiro atoms. The Balaban J connectivity index is 1.51. The van der Waals surface area contributed by atoms with Crippen LogP contribution in [0.1, 0.15) is 43.7 Å². The predicted molar refractivity (Wildman–Crippen MR) is 82.9 cm³/mol. The van der Waals surface area contributed by atoms with E-state index in [-0.39, 0.29) is 0 Å². The summed E-state index contributed by atoms with van der Waals surface area (Å²) in [6.45, 7) is 2.43. The minimum absolute atomic E-state index is 0.642. The second-order valence-corrected chi connectivity index (χ2v) is 6.36. The van der Waals surface area contributed by atoms with Crippen molar-refractivity contribution in [2.24, 2.45) is 0 Å². The normalized spacial score (nSPS) is 22.0. The van der Waals surface area contributed by atoms with Gasteiger partial charge in [0.2, 0.25) is 0 Å². The number of aromatic nitrogens is 1. The molecule has 1 aromatic carbocycles. The van der Waals surface area contributed by atoms with E-state index in [0.29, 0.717) is 5.92 Å². The van der Waals surface area contributed by atoms with Crippen LogP contribution in [-0.2, 0) is 0 Å². The van der Waals surface area contributed by atoms with Crippen LogP contribution in [0.4, 0.5) is 0 Å². The van der Waals surface area contributed by atoms with Gasteiger partial charge in [0.15, 0.2) is 0 Å². The van der Waals surface area contributed by atoms with Crippen LogP contribution < -0.4 is 0 Å². The number of hydrogen-bond acceptors (Lipinski definition) is 2. The van der Waals surface area contributed by atoms with Gasteiger partial charge >= 0.3 is 0 Å². The molecule has 0 unspecified atom stereocenters. The van der Waals surface area contributed by atoms with Crippen molar-refractivity contribution in [2.45, 2.75) is 44.1 Å². The van der Waals surface area contributed by atoms with Crippen LogP contribution in [0.3, 0.4) is 0 Å². The summed E-state index contributed by atoms with van der Waals surface area (Å²) in [6, 6.07) is 11.6. The van der Waals surface area contributed by atoms with Gasteiger partial charge in [-0.2, -0.15) is 0 Å². The minimum atomic E-state index is 0.642. The van der Waals surface area contributed by atoms with Crippen LogP contribution in [0.2, 0.25) is 0 Å². The highest BCUT2D eigenvalue weighted by atomic mass is 15.2. The summed E-state index contributed by atoms with van der Waals surface area (Å²) < 4.78 is 0. The van der Waals surface area contributed by atoms with Crippen molar-refractivity contribution < 1.29 is 0 Å². The summed E-state index contributed by atoms with van der Waals surface area (Å²) in [7, 11) is 0. The summed E-state index contributed by atoms with van der Waals surface area (Å²) in [5.41, 5.74) is 1.31. The molecule has 1 aliphatic heterocycles. The van der Waals surface area contributed by atoms with Crippen molar-refractivity contribution in [3.05, 3.63) is 42.2 Å². The molecule has 0 atom stereocenters. The monoisotopic (exact) mass is 266 g/mol. The van der Waals surface area contributed by atoms with Crippen molar-refractivity contribution in [2.75, 3.05) is 13.1 Å². The number of hydrogen-bond donors (Lipinski definition) is 0. The highest BCUT2D eigenvalue weighted by molar-refractivity contribution is 5.84. The van der Waals surface area contributed by atoms with E-state index < -0.39 is 0 Å². The largest absolute Gasteiger partial charge is 0.299 e. The fourth-order valence-electron chi connectivity index (χ4n) is 3.90. The fraction of sp³-hybridized carbons (Fsp3) is 0.500. The summed E-state index contributed by atoms with van der Waals surface area (Å²) in [5, 5.41) is 2.68. The van der Waals surface area contributed by atoms with Crippen LogP contribution in [0.5, 0.6) is 0 Å². The molecule has 1 aromatic heterocycles. The molecule has 2 heteroatoms. The molecule has 0 radical (unpaired) electrons. The molecule has 1 saturated heterocycles. The van der Waals surface area contributed by atoms with E-state index in [1.165, 1.54) is 61.7 Å². The van der Waals surface area contributed by atoms with Crippen molar-refractivity contribution in [1.29, 1.82) is 0 Å². The zero-order chi connectivity index (χ0) is 13.4. The molecule has 4 rings (SSSR count). The summed E-state index contributed by atoms with van der Waals surface area (Å²) in [4.78, 5) is 7.37. The number of fused-ring (bicyclic) bond motifs is 1. The highest BCUT2D eigenvalue weighted by Gasteiger charge is 2.34. The first-order valence-electron chi connectivity index (χ1n) is 7.99. The third-order valence-corrected chi connectivity index (χ3v) is 5.09. The van der Waals surface area contributed by atoms with Crippen molar-refractivity contribution in [3.63, 3.8) is 0 Å². The lowest BCUT2D eigenvalue weighted by Crippen LogP contribution is -2.51. The van der Waals surface area contributed by atoms with E-state index in [1.54, 1.807) is 0 Å². The molecular formula is C18H22N2. The van der Waals surface area contributed by atoms with Crippen LogP contribution in [-0.4, -0.2) is 29.0 Å². The lowest BCUT2D eigenvalue weighted by atomic mass is 9.86. The molecule has 0 bridgehead atoms. The summed E-state index contributed by atoms with van der Waals surface area (Å²) in [5.74, 6) is 0.642. The molecule has 104 valence electrons. The zero-order valence-electron chi connectivity index (χ0n) is 12.0. The van der Waals surface area contributed by atoms with Gasteiger partial charge in [0.1, 0.15) is 0 Å². The number of pyridine rings is 1. The van der Waals surface area contributed by atoms with Gasteiger partial charge < -0.3 is 0 Å². The van der Waals surface area contributed by atoms with E-state index in [4.69, 9.17) is 0 Å². The zero-order valence-corrected chi connectivity index (χ0v) is 12.0. The lowest BCUT2D eigenvalue weighted by Gasteiger charge is -2.45. The van der Waals surface area contributed by atoms with Crippen LogP contribution >= 0.6 is 0 Å². The third-order valence-electron chi connectivity index (χ3n) is 5.09. The Morgan fingerprint density at radius 1 is 0.950 bits per heavy atom. The van der Waals surface area contributed by atoms with Gasteiger partial charge in [0.05, 0.1) is 5.69 Å². The minimum Gasteiger partial charge on any atom is -0.299 e. The molecule has 2 heterocycles. The van der Waals surface area contributed by atoms with E-state index in [2.05, 4.69) is 40.2 Å². The van der Waals surface area contributed by atoms with Crippen LogP contribution in [0, 0.1) is 0 Å². The number of benzene rings is 1. The van der Waals surface area contributed by atoms with Gasteiger partial charge in [-0.25, -0.2) is 0 Å². The Morgan fingerprint density at radius 3 is 2.60 bits per heavy atom. The maximum Gasteiger partial charge on any atom is 0.0538 e. The van der Waals surface area contributed by atoms with Gasteiger partial charge in [-0.1, -0.05) is 43.5 Å². The second-order valence-electron chi connectivity index (χ2n) is 6.36. The standard InChI is InChI=1S/C18H22N2/c1-2-7-16(8-3-1)20-12-15(13-20)18-17-9-5-4-6-14(17)10-11-19-18/h4-6,9-11,15-16H,1-3,7-8,12-13H2. The van der Waals surface area contributed by atoms with Gasteiger partial charge in [0, 0.05) is 36.6 Å². The summed E-state index contributed by atoms with van der Waals surface area (Å²) in [6.07, 6.45) is 9.10. The van der Waals surface area contributed by atoms with Crippen LogP contribution in [0.25, 0.3) is 10.8 Å². The van der Waals surface area contributed by atoms with Gasteiger partial charge in [-0.05, 0) is 24.3 Å². The van der Waals surface area contributed by atoms with Crippen molar-refractivity contribution >= 4 is 10.8 Å². The molecule has 2 aliphatic rings. The Labute approximate surface area is 120 Å². The average Bonchev–Trinajstić information content (AvgIpc) is 2.47. The molecule has 20 heavy (non-hydrogen) atoms. The van der Waals surface area contributed by atoms with E-state index in [9.17, 15) is 0 Å². The Bertz CT molecular complexity index is 590. The van der Waals surface area contributed by atoms with Crippen molar-refractivity contribution in [3.8, 4) is 0 Å². The molecule has 0 amide bonds. The van der Waals surface area contributed by atoms with E-state index >= 15 is 0 Å². The first kappa shape index (κ1) is 12.3. The maximum absolute atomic E-state index is 4.68. The highest BCUT2D eigenvalue weighted by Crippen LogP contribution is 2.35. The van der Waals surface area contributed by atoms with Gasteiger partial charge in [-0.15, -0.1) is 0 Å². The van der Waals surface area contributed by atoms with Gasteiger partial charge in [0.25, 0.3) is 0 Å². The third kappa shape index (κ3) is 2.12. The molecular weight excluding hydrogens is 244 g/mol. The van der Waals surface area contributed by atoms with Crippen molar-refractivity contribution in [1.82, 2.24) is 9.88 Å². The quantitative estimate of drug-likeness (QED) is 0.817. The SMILES string of the molecule is c1ccc2c(C3CN(C4CCCCC4)C3)nccc2c1. The summed E-state index contributed by atoms with van der Waals surface area (Å²) >= 11 is 0. The molecule has 1 saturated carbocycles. The lowest BCUT2D eigenvalue weighted by molar-refractivity contribution is 0.0681. The molecule has 2 aromatic rings. The number of rotatable bonds is 2. The van der Waals surface area contributed by atoms with E-state index in [1.807, 2.05) is 6.20 Å². The van der Waals surface area contributed by atoms with E-state index in [0.717, 1.165) is 6.04 Å². The van der Waals surface area contributed by atoms with Crippen LogP contribution in [0.15, 0.2) is 36.5 Å². The Hall–Kier alpha value is -1.41. The number of nitrogens with zero attached hydrogens (tertiary/aromatic N) is 2. The second kappa shape index (κ2) is 5.17. The Morgan fingerprint density at radius 2 is 1.75 bits per heavy atom. The predicted octanol–water partition coefficient (Wildman–Crippen LogP) is 3.97. The Kier molecular flexibility index (Phi) is 3.19. The molecule has 2 nitrogen and oxygen atoms in total. The topological polar surface area (TPSA) is 16.1 Å². The fourth-order valence-corrected chi connectivity index (χ4v) is 3.90. The molecule has 2 fully saturated rings. The van der Waals surface area contributed by atoms with Gasteiger partial charge in [-0.3, -0.25) is 9.88 Å². The average molecular weight is 266 g/mol. The smallest absolute Gasteiger partial charge is 0.0538 e. The molecule has 0 N–H and O–H groups in total.